The molecule has 0 amide bonds. The van der Waals surface area contributed by atoms with Crippen LogP contribution in [0.15, 0.2) is 0 Å². The number of esters is 2. The lowest BCUT2D eigenvalue weighted by Gasteiger charge is -2.24. The topological polar surface area (TPSA) is 102 Å². The highest BCUT2D eigenvalue weighted by atomic mass is 32.2. The minimum absolute atomic E-state index is 0.0112. The van der Waals surface area contributed by atoms with Gasteiger partial charge in [-0.15, -0.1) is 0 Å². The van der Waals surface area contributed by atoms with Gasteiger partial charge in [0.15, 0.2) is 0 Å². The molecule has 60 heavy (non-hydrogen) atoms. The third-order valence-electron chi connectivity index (χ3n) is 11.8. The Labute approximate surface area is 374 Å². The van der Waals surface area contributed by atoms with Crippen LogP contribution < -0.4 is 4.72 Å². The molecule has 0 saturated carbocycles. The number of rotatable bonds is 45. The van der Waals surface area contributed by atoms with Crippen molar-refractivity contribution in [3.63, 3.8) is 0 Å². The Hall–Kier alpha value is -1.19. The van der Waals surface area contributed by atoms with E-state index in [0.717, 1.165) is 129 Å². The summed E-state index contributed by atoms with van der Waals surface area (Å²) < 4.78 is 40.0. The normalized spacial score (nSPS) is 12.8. The van der Waals surface area contributed by atoms with E-state index in [1.165, 1.54) is 96.3 Å². The maximum absolute atomic E-state index is 12.9. The number of hydrogen-bond acceptors (Lipinski definition) is 7. The van der Waals surface area contributed by atoms with Crippen molar-refractivity contribution in [3.05, 3.63) is 0 Å². The van der Waals surface area contributed by atoms with Gasteiger partial charge in [-0.25, -0.2) is 13.1 Å². The van der Waals surface area contributed by atoms with Gasteiger partial charge in [0.25, 0.3) is 0 Å². The highest BCUT2D eigenvalue weighted by Crippen LogP contribution is 2.19. The first-order chi connectivity index (χ1) is 28.9. The SMILES string of the molecule is CCCCCCCCC(CC)OC(=O)CCCCCCCN(CCCCCCCC(=O)OC(CCCCCCCC)CCCCCCCC)CCCS(=O)(=O)NC(C)(C)C. The summed E-state index contributed by atoms with van der Waals surface area (Å²) in [6, 6.07) is 0. The Balaban J connectivity index is 4.62. The van der Waals surface area contributed by atoms with E-state index in [1.807, 2.05) is 20.8 Å². The van der Waals surface area contributed by atoms with Gasteiger partial charge in [-0.3, -0.25) is 9.59 Å². The van der Waals surface area contributed by atoms with Crippen molar-refractivity contribution < 1.29 is 27.5 Å². The fraction of sp³-hybridized carbons (Fsp3) is 0.961. The summed E-state index contributed by atoms with van der Waals surface area (Å²) in [5, 5.41) is 0. The number of carbonyl (C=O) groups excluding carboxylic acids is 2. The number of nitrogens with one attached hydrogen (secondary N) is 1. The Bertz CT molecular complexity index is 1060. The molecule has 8 nitrogen and oxygen atoms in total. The molecule has 1 atom stereocenters. The minimum atomic E-state index is -3.32. The van der Waals surface area contributed by atoms with Gasteiger partial charge in [0.2, 0.25) is 10.0 Å². The van der Waals surface area contributed by atoms with Crippen LogP contribution in [0.5, 0.6) is 0 Å². The molecule has 0 aliphatic rings. The summed E-state index contributed by atoms with van der Waals surface area (Å²) in [5.74, 6) is 0.0906. The van der Waals surface area contributed by atoms with Gasteiger partial charge in [-0.1, -0.05) is 163 Å². The standard InChI is InChI=1S/C51H102N2O6S/c1-8-12-15-18-23-30-38-47(11-4)58-49(54)41-33-26-21-28-35-43-53(45-37-46-60(56,57)52-51(5,6)7)44-36-29-22-27-34-42-50(55)59-48(39-31-24-19-16-13-9-2)40-32-25-20-17-14-10-3/h47-48,52H,8-46H2,1-7H3. The smallest absolute Gasteiger partial charge is 0.306 e. The minimum Gasteiger partial charge on any atom is -0.462 e. The Morgan fingerprint density at radius 2 is 0.800 bits per heavy atom. The quantitative estimate of drug-likeness (QED) is 0.0480. The summed E-state index contributed by atoms with van der Waals surface area (Å²) in [7, 11) is -3.32. The second-order valence-corrected chi connectivity index (χ2v) is 21.0. The van der Waals surface area contributed by atoms with E-state index in [9.17, 15) is 18.0 Å². The van der Waals surface area contributed by atoms with E-state index in [2.05, 4.69) is 37.3 Å². The summed E-state index contributed by atoms with van der Waals surface area (Å²) >= 11 is 0. The van der Waals surface area contributed by atoms with Crippen LogP contribution >= 0.6 is 0 Å². The van der Waals surface area contributed by atoms with Gasteiger partial charge >= 0.3 is 11.9 Å². The molecule has 1 N–H and O–H groups in total. The number of ether oxygens (including phenoxy) is 2. The molecule has 0 spiro atoms. The summed E-state index contributed by atoms with van der Waals surface area (Å²) in [6.45, 7) is 17.2. The van der Waals surface area contributed by atoms with Gasteiger partial charge < -0.3 is 14.4 Å². The van der Waals surface area contributed by atoms with Crippen molar-refractivity contribution in [3.8, 4) is 0 Å². The van der Waals surface area contributed by atoms with E-state index >= 15 is 0 Å². The highest BCUT2D eigenvalue weighted by molar-refractivity contribution is 7.89. The molecule has 0 aliphatic carbocycles. The predicted molar refractivity (Wildman–Crippen MR) is 257 cm³/mol. The zero-order valence-electron chi connectivity index (χ0n) is 41.0. The molecule has 0 radical (unpaired) electrons. The molecule has 0 aromatic rings. The molecule has 358 valence electrons. The van der Waals surface area contributed by atoms with E-state index in [-0.39, 0.29) is 29.9 Å². The highest BCUT2D eigenvalue weighted by Gasteiger charge is 2.20. The van der Waals surface area contributed by atoms with E-state index in [0.29, 0.717) is 19.3 Å². The lowest BCUT2D eigenvalue weighted by atomic mass is 10.0. The fourth-order valence-corrected chi connectivity index (χ4v) is 9.70. The van der Waals surface area contributed by atoms with Crippen molar-refractivity contribution in [2.45, 2.75) is 291 Å². The zero-order valence-corrected chi connectivity index (χ0v) is 41.9. The third-order valence-corrected chi connectivity index (χ3v) is 13.5. The van der Waals surface area contributed by atoms with Crippen LogP contribution in [0.25, 0.3) is 0 Å². The van der Waals surface area contributed by atoms with Crippen LogP contribution in [-0.4, -0.2) is 68.4 Å². The lowest BCUT2D eigenvalue weighted by molar-refractivity contribution is -0.150. The number of hydrogen-bond donors (Lipinski definition) is 1. The second-order valence-electron chi connectivity index (χ2n) is 19.2. The molecule has 0 aromatic carbocycles. The Morgan fingerprint density at radius 1 is 0.467 bits per heavy atom. The maximum Gasteiger partial charge on any atom is 0.306 e. The largest absolute Gasteiger partial charge is 0.462 e. The molecule has 0 heterocycles. The van der Waals surface area contributed by atoms with Gasteiger partial charge in [-0.2, -0.15) is 0 Å². The molecule has 1 unspecified atom stereocenters. The lowest BCUT2D eigenvalue weighted by Crippen LogP contribution is -2.42. The fourth-order valence-electron chi connectivity index (χ4n) is 8.16. The molecule has 9 heteroatoms. The van der Waals surface area contributed by atoms with E-state index < -0.39 is 15.6 Å². The van der Waals surface area contributed by atoms with Gasteiger partial charge in [0, 0.05) is 18.4 Å². The molecular formula is C51H102N2O6S. The van der Waals surface area contributed by atoms with Crippen LogP contribution in [0.1, 0.15) is 273 Å². The number of nitrogens with zero attached hydrogens (tertiary/aromatic N) is 1. The number of carbonyl (C=O) groups is 2. The first-order valence-electron chi connectivity index (χ1n) is 26.0. The summed E-state index contributed by atoms with van der Waals surface area (Å²) in [4.78, 5) is 27.8. The van der Waals surface area contributed by atoms with E-state index in [1.54, 1.807) is 0 Å². The number of unbranched alkanes of at least 4 members (excludes halogenated alkanes) is 23. The van der Waals surface area contributed by atoms with Crippen LogP contribution in [0.3, 0.4) is 0 Å². The molecule has 0 bridgehead atoms. The molecule has 0 aromatic heterocycles. The van der Waals surface area contributed by atoms with Crippen LogP contribution in [0.2, 0.25) is 0 Å². The molecule has 0 aliphatic heterocycles. The molecule has 0 rings (SSSR count). The first-order valence-corrected chi connectivity index (χ1v) is 27.6. The third kappa shape index (κ3) is 40.9. The first kappa shape index (κ1) is 58.8. The van der Waals surface area contributed by atoms with Crippen molar-refractivity contribution in [2.75, 3.05) is 25.4 Å². The maximum atomic E-state index is 12.9. The van der Waals surface area contributed by atoms with Crippen molar-refractivity contribution in [1.82, 2.24) is 9.62 Å². The average molecular weight is 871 g/mol. The zero-order chi connectivity index (χ0) is 44.6. The van der Waals surface area contributed by atoms with Crippen molar-refractivity contribution in [1.29, 1.82) is 0 Å². The Morgan fingerprint density at radius 3 is 1.20 bits per heavy atom. The molecule has 0 fully saturated rings. The average Bonchev–Trinajstić information content (AvgIpc) is 3.19. The van der Waals surface area contributed by atoms with Crippen molar-refractivity contribution >= 4 is 22.0 Å². The summed E-state index contributed by atoms with van der Waals surface area (Å²) in [5.41, 5.74) is -0.472. The Kier molecular flexibility index (Phi) is 39.8. The predicted octanol–water partition coefficient (Wildman–Crippen LogP) is 14.6. The number of sulfonamides is 1. The van der Waals surface area contributed by atoms with Crippen LogP contribution in [-0.2, 0) is 29.1 Å². The monoisotopic (exact) mass is 871 g/mol. The summed E-state index contributed by atoms with van der Waals surface area (Å²) in [6.07, 6.45) is 38.9. The molecule has 0 saturated heterocycles. The van der Waals surface area contributed by atoms with Gasteiger partial charge in [0.1, 0.15) is 12.2 Å². The van der Waals surface area contributed by atoms with Crippen LogP contribution in [0.4, 0.5) is 0 Å². The van der Waals surface area contributed by atoms with Gasteiger partial charge in [0.05, 0.1) is 5.75 Å². The van der Waals surface area contributed by atoms with Crippen LogP contribution in [0, 0.1) is 0 Å². The second kappa shape index (κ2) is 40.6. The van der Waals surface area contributed by atoms with Crippen molar-refractivity contribution in [2.24, 2.45) is 0 Å². The van der Waals surface area contributed by atoms with Gasteiger partial charge in [-0.05, 0) is 117 Å². The van der Waals surface area contributed by atoms with E-state index in [4.69, 9.17) is 9.47 Å². The molecular weight excluding hydrogens is 769 g/mol.